The van der Waals surface area contributed by atoms with E-state index < -0.39 is 0 Å². The largest absolute Gasteiger partial charge is 0.383 e. The van der Waals surface area contributed by atoms with Crippen molar-refractivity contribution in [3.8, 4) is 5.69 Å². The highest BCUT2D eigenvalue weighted by Crippen LogP contribution is 2.41. The molecule has 2 atom stereocenters. The number of rotatable bonds is 6. The number of aryl methyl sites for hydroxylation is 1. The van der Waals surface area contributed by atoms with Crippen LogP contribution < -0.4 is 5.32 Å². The van der Waals surface area contributed by atoms with Crippen LogP contribution in [-0.4, -0.2) is 39.8 Å². The number of halogens is 1. The molecule has 0 aliphatic carbocycles. The molecule has 0 unspecified atom stereocenters. The van der Waals surface area contributed by atoms with Crippen LogP contribution in [0.2, 0.25) is 0 Å². The fourth-order valence-electron chi connectivity index (χ4n) is 4.25. The SMILES string of the molecule is COCCN1C(=S)N[C@H](c2ccccn2)[C@H]1c1cc(C)n(-c2ccc(Br)cc2)c1C. The van der Waals surface area contributed by atoms with E-state index in [2.05, 4.69) is 85.9 Å². The number of methoxy groups -OCH3 is 1. The number of nitrogens with one attached hydrogen (secondary N) is 1. The number of hydrogen-bond donors (Lipinski definition) is 1. The quantitative estimate of drug-likeness (QED) is 0.505. The zero-order chi connectivity index (χ0) is 21.3. The van der Waals surface area contributed by atoms with Crippen LogP contribution >= 0.6 is 28.1 Å². The van der Waals surface area contributed by atoms with Gasteiger partial charge in [-0.15, -0.1) is 0 Å². The fraction of sp³-hybridized carbons (Fsp3) is 0.304. The molecule has 1 fully saturated rings. The van der Waals surface area contributed by atoms with Crippen molar-refractivity contribution in [1.82, 2.24) is 19.8 Å². The molecule has 1 aliphatic rings. The Labute approximate surface area is 191 Å². The van der Waals surface area contributed by atoms with Crippen molar-refractivity contribution in [2.24, 2.45) is 0 Å². The van der Waals surface area contributed by atoms with E-state index in [0.717, 1.165) is 27.5 Å². The highest BCUT2D eigenvalue weighted by Gasteiger charge is 2.41. The first kappa shape index (κ1) is 21.0. The minimum atomic E-state index is -0.0191. The van der Waals surface area contributed by atoms with Gasteiger partial charge in [0, 0.05) is 41.4 Å². The van der Waals surface area contributed by atoms with Gasteiger partial charge in [-0.2, -0.15) is 0 Å². The number of pyridine rings is 1. The zero-order valence-electron chi connectivity index (χ0n) is 17.3. The van der Waals surface area contributed by atoms with E-state index in [0.29, 0.717) is 6.61 Å². The second-order valence-corrected chi connectivity index (χ2v) is 8.75. The maximum absolute atomic E-state index is 5.72. The number of hydrogen-bond acceptors (Lipinski definition) is 3. The number of ether oxygens (including phenoxy) is 1. The number of benzene rings is 1. The summed E-state index contributed by atoms with van der Waals surface area (Å²) in [5.74, 6) is 0. The monoisotopic (exact) mass is 484 g/mol. The van der Waals surface area contributed by atoms with Crippen molar-refractivity contribution in [3.63, 3.8) is 0 Å². The zero-order valence-corrected chi connectivity index (χ0v) is 19.7. The number of nitrogens with zero attached hydrogens (tertiary/aromatic N) is 3. The van der Waals surface area contributed by atoms with Gasteiger partial charge in [-0.1, -0.05) is 22.0 Å². The van der Waals surface area contributed by atoms with E-state index in [4.69, 9.17) is 17.0 Å². The molecule has 30 heavy (non-hydrogen) atoms. The summed E-state index contributed by atoms with van der Waals surface area (Å²) in [6, 6.07) is 16.7. The van der Waals surface area contributed by atoms with E-state index in [1.165, 1.54) is 17.0 Å². The second-order valence-electron chi connectivity index (χ2n) is 7.45. The lowest BCUT2D eigenvalue weighted by Crippen LogP contribution is -2.32. The van der Waals surface area contributed by atoms with Crippen molar-refractivity contribution in [2.45, 2.75) is 25.9 Å². The Morgan fingerprint density at radius 3 is 2.60 bits per heavy atom. The minimum absolute atomic E-state index is 0.0191. The first-order valence-corrected chi connectivity index (χ1v) is 11.1. The molecule has 3 heterocycles. The van der Waals surface area contributed by atoms with Crippen LogP contribution in [0.4, 0.5) is 0 Å². The van der Waals surface area contributed by atoms with Crippen LogP contribution in [0.1, 0.15) is 34.7 Å². The molecule has 0 amide bonds. The van der Waals surface area contributed by atoms with Crippen molar-refractivity contribution in [3.05, 3.63) is 81.8 Å². The van der Waals surface area contributed by atoms with Gasteiger partial charge < -0.3 is 19.5 Å². The first-order chi connectivity index (χ1) is 14.5. The number of thiocarbonyl (C=S) groups is 1. The molecule has 7 heteroatoms. The predicted molar refractivity (Wildman–Crippen MR) is 127 cm³/mol. The summed E-state index contributed by atoms with van der Waals surface area (Å²) >= 11 is 9.25. The smallest absolute Gasteiger partial charge is 0.170 e. The molecule has 3 aromatic rings. The van der Waals surface area contributed by atoms with Crippen molar-refractivity contribution in [1.29, 1.82) is 0 Å². The van der Waals surface area contributed by atoms with Crippen molar-refractivity contribution < 1.29 is 4.74 Å². The minimum Gasteiger partial charge on any atom is -0.383 e. The van der Waals surface area contributed by atoms with Gasteiger partial charge in [0.25, 0.3) is 0 Å². The molecule has 2 aromatic heterocycles. The Morgan fingerprint density at radius 1 is 1.17 bits per heavy atom. The van der Waals surface area contributed by atoms with Gasteiger partial charge in [0.15, 0.2) is 5.11 Å². The summed E-state index contributed by atoms with van der Waals surface area (Å²) in [6.45, 7) is 5.65. The number of aromatic nitrogens is 2. The standard InChI is InChI=1S/C23H25BrN4OS/c1-15-14-19(16(2)28(15)18-9-7-17(24)8-10-18)22-21(20-6-4-5-11-25-20)26-23(30)27(22)12-13-29-3/h4-11,14,21-22H,12-13H2,1-3H3,(H,26,30)/t21-,22-/m1/s1. The van der Waals surface area contributed by atoms with Gasteiger partial charge in [-0.3, -0.25) is 4.98 Å². The summed E-state index contributed by atoms with van der Waals surface area (Å²) in [7, 11) is 1.72. The third-order valence-electron chi connectivity index (χ3n) is 5.61. The molecule has 0 spiro atoms. The molecule has 0 bridgehead atoms. The molecule has 1 aliphatic heterocycles. The highest BCUT2D eigenvalue weighted by atomic mass is 79.9. The lowest BCUT2D eigenvalue weighted by molar-refractivity contribution is 0.164. The van der Waals surface area contributed by atoms with Gasteiger partial charge in [-0.25, -0.2) is 0 Å². The molecule has 156 valence electrons. The van der Waals surface area contributed by atoms with E-state index in [-0.39, 0.29) is 12.1 Å². The molecule has 1 N–H and O–H groups in total. The van der Waals surface area contributed by atoms with Crippen LogP contribution in [0, 0.1) is 13.8 Å². The summed E-state index contributed by atoms with van der Waals surface area (Å²) < 4.78 is 8.73. The predicted octanol–water partition coefficient (Wildman–Crippen LogP) is 4.87. The maximum atomic E-state index is 5.72. The van der Waals surface area contributed by atoms with Crippen LogP contribution in [0.5, 0.6) is 0 Å². The summed E-state index contributed by atoms with van der Waals surface area (Å²) in [5.41, 5.74) is 5.77. The lowest BCUT2D eigenvalue weighted by Gasteiger charge is -2.28. The van der Waals surface area contributed by atoms with Crippen molar-refractivity contribution in [2.75, 3.05) is 20.3 Å². The Bertz CT molecular complexity index is 1040. The Balaban J connectivity index is 1.81. The summed E-state index contributed by atoms with van der Waals surface area (Å²) in [5, 5.41) is 4.24. The van der Waals surface area contributed by atoms with E-state index in [1.807, 2.05) is 18.3 Å². The molecule has 0 radical (unpaired) electrons. The van der Waals surface area contributed by atoms with Gasteiger partial charge in [0.1, 0.15) is 0 Å². The molecule has 1 saturated heterocycles. The van der Waals surface area contributed by atoms with E-state index >= 15 is 0 Å². The summed E-state index contributed by atoms with van der Waals surface area (Å²) in [6.07, 6.45) is 1.83. The third kappa shape index (κ3) is 3.89. The second kappa shape index (κ2) is 8.88. The van der Waals surface area contributed by atoms with Gasteiger partial charge in [-0.05, 0) is 74.1 Å². The normalized spacial score (nSPS) is 18.7. The lowest BCUT2D eigenvalue weighted by atomic mass is 9.97. The molecule has 5 nitrogen and oxygen atoms in total. The Morgan fingerprint density at radius 2 is 1.93 bits per heavy atom. The van der Waals surface area contributed by atoms with E-state index in [9.17, 15) is 0 Å². The Hall–Kier alpha value is -2.22. The molecule has 1 aromatic carbocycles. The van der Waals surface area contributed by atoms with Gasteiger partial charge in [0.05, 0.1) is 24.4 Å². The average Bonchev–Trinajstić information content (AvgIpc) is 3.23. The first-order valence-electron chi connectivity index (χ1n) is 9.93. The maximum Gasteiger partial charge on any atom is 0.170 e. The van der Waals surface area contributed by atoms with Crippen LogP contribution in [0.25, 0.3) is 5.69 Å². The van der Waals surface area contributed by atoms with Gasteiger partial charge in [0.2, 0.25) is 0 Å². The van der Waals surface area contributed by atoms with Crippen LogP contribution in [-0.2, 0) is 4.74 Å². The highest BCUT2D eigenvalue weighted by molar-refractivity contribution is 9.10. The Kier molecular flexibility index (Phi) is 6.22. The van der Waals surface area contributed by atoms with E-state index in [1.54, 1.807) is 7.11 Å². The molecular formula is C23H25BrN4OS. The topological polar surface area (TPSA) is 42.3 Å². The summed E-state index contributed by atoms with van der Waals surface area (Å²) in [4.78, 5) is 6.85. The van der Waals surface area contributed by atoms with Crippen LogP contribution in [0.3, 0.4) is 0 Å². The van der Waals surface area contributed by atoms with Gasteiger partial charge >= 0.3 is 0 Å². The molecule has 0 saturated carbocycles. The van der Waals surface area contributed by atoms with Crippen molar-refractivity contribution >= 4 is 33.3 Å². The molecule has 4 rings (SSSR count). The average molecular weight is 485 g/mol. The molecular weight excluding hydrogens is 460 g/mol. The van der Waals surface area contributed by atoms with Crippen LogP contribution in [0.15, 0.2) is 59.2 Å². The fourth-order valence-corrected chi connectivity index (χ4v) is 4.85. The third-order valence-corrected chi connectivity index (χ3v) is 6.49.